The number of aliphatic hydroxyl groups is 1. The normalized spacial score (nSPS) is 19.8. The highest BCUT2D eigenvalue weighted by molar-refractivity contribution is 5.90. The lowest BCUT2D eigenvalue weighted by Gasteiger charge is -2.34. The summed E-state index contributed by atoms with van der Waals surface area (Å²) in [6.07, 6.45) is 1.79. The second-order valence-corrected chi connectivity index (χ2v) is 8.88. The summed E-state index contributed by atoms with van der Waals surface area (Å²) < 4.78 is 7.28. The van der Waals surface area contributed by atoms with Crippen LogP contribution in [0.1, 0.15) is 38.9 Å². The van der Waals surface area contributed by atoms with Crippen LogP contribution in [-0.4, -0.2) is 69.2 Å². The van der Waals surface area contributed by atoms with Crippen LogP contribution < -0.4 is 10.1 Å². The highest BCUT2D eigenvalue weighted by Gasteiger charge is 2.44. The van der Waals surface area contributed by atoms with Crippen molar-refractivity contribution in [3.63, 3.8) is 0 Å². The molecule has 1 aromatic carbocycles. The minimum atomic E-state index is -0.728. The number of benzene rings is 1. The van der Waals surface area contributed by atoms with Gasteiger partial charge in [0.05, 0.1) is 18.4 Å². The molecule has 1 aromatic heterocycles. The number of β-amino-alcohol motifs (C(OH)–C–C–N with tert-alkyl or cyclic N) is 1. The van der Waals surface area contributed by atoms with Gasteiger partial charge in [0.25, 0.3) is 0 Å². The first-order chi connectivity index (χ1) is 14.7. The number of para-hydroxylation sites is 1. The fourth-order valence-corrected chi connectivity index (χ4v) is 3.85. The summed E-state index contributed by atoms with van der Waals surface area (Å²) in [6, 6.07) is 8.16. The lowest BCUT2D eigenvalue weighted by molar-refractivity contribution is -0.144. The molecule has 0 unspecified atom stereocenters. The predicted octanol–water partition coefficient (Wildman–Crippen LogP) is 1.19. The largest absolute Gasteiger partial charge is 0.493 e. The van der Waals surface area contributed by atoms with Crippen LogP contribution in [0, 0.1) is 5.41 Å². The quantitative estimate of drug-likeness (QED) is 0.684. The van der Waals surface area contributed by atoms with Gasteiger partial charge in [-0.1, -0.05) is 44.2 Å². The van der Waals surface area contributed by atoms with E-state index < -0.39 is 23.6 Å². The Morgan fingerprint density at radius 1 is 1.29 bits per heavy atom. The summed E-state index contributed by atoms with van der Waals surface area (Å²) in [5.41, 5.74) is 0.228. The van der Waals surface area contributed by atoms with E-state index in [2.05, 4.69) is 15.6 Å². The van der Waals surface area contributed by atoms with E-state index >= 15 is 0 Å². The molecule has 2 amide bonds. The van der Waals surface area contributed by atoms with Gasteiger partial charge >= 0.3 is 0 Å². The molecular weight excluding hydrogens is 398 g/mol. The third kappa shape index (κ3) is 5.41. The number of carbonyl (C=O) groups excluding carboxylic acids is 2. The Morgan fingerprint density at radius 3 is 2.65 bits per heavy atom. The molecule has 0 bridgehead atoms. The highest BCUT2D eigenvalue weighted by atomic mass is 16.5. The summed E-state index contributed by atoms with van der Waals surface area (Å²) in [4.78, 5) is 27.2. The summed E-state index contributed by atoms with van der Waals surface area (Å²) in [5, 5.41) is 21.1. The maximum atomic E-state index is 13.5. The number of hydrogen-bond acceptors (Lipinski definition) is 6. The van der Waals surface area contributed by atoms with Gasteiger partial charge in [0.15, 0.2) is 0 Å². The van der Waals surface area contributed by atoms with E-state index in [9.17, 15) is 14.7 Å². The first kappa shape index (κ1) is 22.7. The Labute approximate surface area is 182 Å². The van der Waals surface area contributed by atoms with E-state index in [0.717, 1.165) is 5.75 Å². The van der Waals surface area contributed by atoms with E-state index in [-0.39, 0.29) is 24.8 Å². The third-order valence-corrected chi connectivity index (χ3v) is 5.36. The molecule has 9 heteroatoms. The average Bonchev–Trinajstić information content (AvgIpc) is 3.34. The predicted molar refractivity (Wildman–Crippen MR) is 114 cm³/mol. The Bertz CT molecular complexity index is 893. The van der Waals surface area contributed by atoms with Gasteiger partial charge in [-0.05, 0) is 17.5 Å². The topological polar surface area (TPSA) is 110 Å². The van der Waals surface area contributed by atoms with Crippen molar-refractivity contribution in [2.24, 2.45) is 5.41 Å². The standard InChI is InChI=1S/C22H31N5O4/c1-22(2,3)19(21(30)26-14-16(28)12-18(26)20(29)23-4)27-13-15(24-25-27)10-11-31-17-8-6-5-7-9-17/h5-9,13,16,18-19,28H,10-12,14H2,1-4H3,(H,23,29)/t16-,18+,19-/m1/s1. The molecule has 9 nitrogen and oxygen atoms in total. The smallest absolute Gasteiger partial charge is 0.248 e. The lowest BCUT2D eigenvalue weighted by atomic mass is 9.85. The molecular formula is C22H31N5O4. The second kappa shape index (κ2) is 9.47. The van der Waals surface area contributed by atoms with Gasteiger partial charge in [-0.2, -0.15) is 0 Å². The molecule has 0 aliphatic carbocycles. The molecule has 1 aliphatic heterocycles. The van der Waals surface area contributed by atoms with Gasteiger partial charge in [-0.15, -0.1) is 5.10 Å². The van der Waals surface area contributed by atoms with Crippen molar-refractivity contribution in [2.45, 2.75) is 51.8 Å². The Morgan fingerprint density at radius 2 is 2.00 bits per heavy atom. The van der Waals surface area contributed by atoms with Gasteiger partial charge in [0.1, 0.15) is 17.8 Å². The first-order valence-corrected chi connectivity index (χ1v) is 10.5. The van der Waals surface area contributed by atoms with Crippen LogP contribution in [0.3, 0.4) is 0 Å². The van der Waals surface area contributed by atoms with Crippen LogP contribution in [0.2, 0.25) is 0 Å². The van der Waals surface area contributed by atoms with Crippen molar-refractivity contribution in [3.05, 3.63) is 42.2 Å². The number of hydrogen-bond donors (Lipinski definition) is 2. The van der Waals surface area contributed by atoms with Crippen molar-refractivity contribution in [1.82, 2.24) is 25.2 Å². The zero-order valence-electron chi connectivity index (χ0n) is 18.5. The number of carbonyl (C=O) groups is 2. The van der Waals surface area contributed by atoms with Gasteiger partial charge in [-0.25, -0.2) is 4.68 Å². The first-order valence-electron chi connectivity index (χ1n) is 10.5. The molecule has 2 aromatic rings. The molecule has 168 valence electrons. The average molecular weight is 430 g/mol. The molecule has 0 saturated carbocycles. The summed E-state index contributed by atoms with van der Waals surface area (Å²) in [5.74, 6) is 0.245. The van der Waals surface area contributed by atoms with Crippen LogP contribution >= 0.6 is 0 Å². The molecule has 1 aliphatic rings. The van der Waals surface area contributed by atoms with Crippen LogP contribution in [0.4, 0.5) is 0 Å². The van der Waals surface area contributed by atoms with Crippen molar-refractivity contribution in [2.75, 3.05) is 20.2 Å². The number of ether oxygens (including phenoxy) is 1. The number of nitrogens with one attached hydrogen (secondary N) is 1. The SMILES string of the molecule is CNC(=O)[C@@H]1C[C@@H](O)CN1C(=O)[C@@H](n1cc(CCOc2ccccc2)nn1)C(C)(C)C. The summed E-state index contributed by atoms with van der Waals surface area (Å²) in [6.45, 7) is 6.38. The second-order valence-electron chi connectivity index (χ2n) is 8.88. The van der Waals surface area contributed by atoms with E-state index in [1.54, 1.807) is 10.9 Å². The number of amides is 2. The number of aliphatic hydroxyl groups excluding tert-OH is 1. The van der Waals surface area contributed by atoms with Crippen LogP contribution in [0.5, 0.6) is 5.75 Å². The number of likely N-dealkylation sites (N-methyl/N-ethyl adjacent to an activating group) is 1. The summed E-state index contributed by atoms with van der Waals surface area (Å²) in [7, 11) is 1.53. The molecule has 2 N–H and O–H groups in total. The maximum Gasteiger partial charge on any atom is 0.248 e. The van der Waals surface area contributed by atoms with Gasteiger partial charge in [0.2, 0.25) is 11.8 Å². The fourth-order valence-electron chi connectivity index (χ4n) is 3.85. The van der Waals surface area contributed by atoms with Crippen LogP contribution in [0.15, 0.2) is 36.5 Å². The molecule has 3 atom stereocenters. The molecule has 1 fully saturated rings. The summed E-state index contributed by atoms with van der Waals surface area (Å²) >= 11 is 0. The van der Waals surface area contributed by atoms with Crippen molar-refractivity contribution >= 4 is 11.8 Å². The number of rotatable bonds is 7. The lowest BCUT2D eigenvalue weighted by Crippen LogP contribution is -2.49. The molecule has 0 spiro atoms. The number of likely N-dealkylation sites (tertiary alicyclic amines) is 1. The Hall–Kier alpha value is -2.94. The minimum Gasteiger partial charge on any atom is -0.493 e. The highest BCUT2D eigenvalue weighted by Crippen LogP contribution is 2.34. The monoisotopic (exact) mass is 429 g/mol. The van der Waals surface area contributed by atoms with Crippen molar-refractivity contribution < 1.29 is 19.4 Å². The van der Waals surface area contributed by atoms with E-state index in [0.29, 0.717) is 18.7 Å². The molecule has 1 saturated heterocycles. The Balaban J connectivity index is 1.74. The van der Waals surface area contributed by atoms with Crippen molar-refractivity contribution in [3.8, 4) is 5.75 Å². The molecule has 0 radical (unpaired) electrons. The van der Waals surface area contributed by atoms with Crippen LogP contribution in [-0.2, 0) is 16.0 Å². The number of nitrogens with zero attached hydrogens (tertiary/aromatic N) is 4. The minimum absolute atomic E-state index is 0.121. The van der Waals surface area contributed by atoms with Gasteiger partial charge in [0, 0.05) is 32.6 Å². The maximum absolute atomic E-state index is 13.5. The van der Waals surface area contributed by atoms with Crippen LogP contribution in [0.25, 0.3) is 0 Å². The van der Waals surface area contributed by atoms with E-state index in [4.69, 9.17) is 4.74 Å². The third-order valence-electron chi connectivity index (χ3n) is 5.36. The number of aromatic nitrogens is 3. The van der Waals surface area contributed by atoms with E-state index in [1.165, 1.54) is 11.9 Å². The van der Waals surface area contributed by atoms with E-state index in [1.807, 2.05) is 51.1 Å². The van der Waals surface area contributed by atoms with Gasteiger partial charge in [-0.3, -0.25) is 9.59 Å². The zero-order chi connectivity index (χ0) is 22.6. The molecule has 31 heavy (non-hydrogen) atoms. The van der Waals surface area contributed by atoms with Crippen molar-refractivity contribution in [1.29, 1.82) is 0 Å². The zero-order valence-corrected chi connectivity index (χ0v) is 18.5. The molecule has 3 rings (SSSR count). The Kier molecular flexibility index (Phi) is 6.94. The van der Waals surface area contributed by atoms with Gasteiger partial charge < -0.3 is 20.1 Å². The fraction of sp³-hybridized carbons (Fsp3) is 0.545. The molecule has 2 heterocycles.